The summed E-state index contributed by atoms with van der Waals surface area (Å²) < 4.78 is 32.3. The first-order valence-corrected chi connectivity index (χ1v) is 8.45. The molecule has 1 N–H and O–H groups in total. The van der Waals surface area contributed by atoms with Gasteiger partial charge in [-0.2, -0.15) is 0 Å². The molecule has 2 rings (SSSR count). The number of nitrogens with one attached hydrogen (secondary N) is 1. The summed E-state index contributed by atoms with van der Waals surface area (Å²) in [5, 5.41) is 0. The van der Waals surface area contributed by atoms with Crippen LogP contribution in [0.1, 0.15) is 27.2 Å². The second-order valence-electron chi connectivity index (χ2n) is 4.91. The van der Waals surface area contributed by atoms with Crippen LogP contribution in [-0.4, -0.2) is 33.5 Å². The molecule has 116 valence electrons. The number of carbonyl (C=O) groups is 1. The van der Waals surface area contributed by atoms with Crippen molar-refractivity contribution < 1.29 is 17.9 Å². The number of carbonyl (C=O) groups excluding carboxylic acids is 1. The van der Waals surface area contributed by atoms with E-state index in [9.17, 15) is 13.2 Å². The molecule has 1 heterocycles. The van der Waals surface area contributed by atoms with Gasteiger partial charge in [0.1, 0.15) is 11.9 Å². The number of nitrogens with zero attached hydrogens (tertiary/aromatic N) is 1. The van der Waals surface area contributed by atoms with Gasteiger partial charge in [-0.15, -0.1) is 0 Å². The van der Waals surface area contributed by atoms with Crippen molar-refractivity contribution in [3.63, 3.8) is 0 Å². The second kappa shape index (κ2) is 6.03. The minimum absolute atomic E-state index is 0.0716. The SMILES string of the molecule is CCNS(=O)(=O)c1ccc2c(c1)N(C(C)=O)CC(CC)O2. The van der Waals surface area contributed by atoms with E-state index in [-0.39, 0.29) is 16.9 Å². The highest BCUT2D eigenvalue weighted by molar-refractivity contribution is 7.89. The molecule has 0 saturated carbocycles. The fourth-order valence-electron chi connectivity index (χ4n) is 2.28. The summed E-state index contributed by atoms with van der Waals surface area (Å²) in [5.74, 6) is 0.412. The molecule has 6 nitrogen and oxygen atoms in total. The van der Waals surface area contributed by atoms with Crippen LogP contribution in [0.2, 0.25) is 0 Å². The lowest BCUT2D eigenvalue weighted by Gasteiger charge is -2.34. The zero-order valence-electron chi connectivity index (χ0n) is 12.4. The molecule has 0 saturated heterocycles. The summed E-state index contributed by atoms with van der Waals surface area (Å²) in [5.41, 5.74) is 0.506. The van der Waals surface area contributed by atoms with Gasteiger partial charge in [0.15, 0.2) is 0 Å². The van der Waals surface area contributed by atoms with Crippen molar-refractivity contribution >= 4 is 21.6 Å². The molecule has 1 aliphatic heterocycles. The number of sulfonamides is 1. The smallest absolute Gasteiger partial charge is 0.240 e. The molecule has 0 aromatic heterocycles. The summed E-state index contributed by atoms with van der Waals surface area (Å²) in [7, 11) is -3.56. The lowest BCUT2D eigenvalue weighted by atomic mass is 10.1. The molecule has 7 heteroatoms. The van der Waals surface area contributed by atoms with Crippen molar-refractivity contribution in [2.75, 3.05) is 18.0 Å². The monoisotopic (exact) mass is 312 g/mol. The summed E-state index contributed by atoms with van der Waals surface area (Å²) in [6, 6.07) is 4.59. The third kappa shape index (κ3) is 3.19. The average Bonchev–Trinajstić information content (AvgIpc) is 2.45. The van der Waals surface area contributed by atoms with E-state index in [0.29, 0.717) is 24.5 Å². The Labute approximate surface area is 125 Å². The van der Waals surface area contributed by atoms with Crippen LogP contribution in [0.25, 0.3) is 0 Å². The fraction of sp³-hybridized carbons (Fsp3) is 0.500. The Bertz CT molecular complexity index is 642. The van der Waals surface area contributed by atoms with E-state index in [1.807, 2.05) is 6.92 Å². The summed E-state index contributed by atoms with van der Waals surface area (Å²) >= 11 is 0. The van der Waals surface area contributed by atoms with Gasteiger partial charge in [0.2, 0.25) is 15.9 Å². The number of ether oxygens (including phenoxy) is 1. The summed E-state index contributed by atoms with van der Waals surface area (Å²) in [6.07, 6.45) is 0.707. The average molecular weight is 312 g/mol. The fourth-order valence-corrected chi connectivity index (χ4v) is 3.34. The Hall–Kier alpha value is -1.60. The van der Waals surface area contributed by atoms with Gasteiger partial charge >= 0.3 is 0 Å². The van der Waals surface area contributed by atoms with Gasteiger partial charge in [0, 0.05) is 13.5 Å². The van der Waals surface area contributed by atoms with Crippen molar-refractivity contribution in [2.24, 2.45) is 0 Å². The van der Waals surface area contributed by atoms with Gasteiger partial charge in [0.05, 0.1) is 17.1 Å². The number of rotatable bonds is 4. The quantitative estimate of drug-likeness (QED) is 0.914. The highest BCUT2D eigenvalue weighted by Gasteiger charge is 2.28. The highest BCUT2D eigenvalue weighted by Crippen LogP contribution is 2.36. The van der Waals surface area contributed by atoms with E-state index >= 15 is 0 Å². The van der Waals surface area contributed by atoms with Crippen LogP contribution >= 0.6 is 0 Å². The maximum absolute atomic E-state index is 12.1. The molecule has 21 heavy (non-hydrogen) atoms. The molecule has 0 spiro atoms. The molecule has 1 aliphatic rings. The van der Waals surface area contributed by atoms with Crippen LogP contribution in [0.15, 0.2) is 23.1 Å². The summed E-state index contributed by atoms with van der Waals surface area (Å²) in [6.45, 7) is 5.91. The van der Waals surface area contributed by atoms with Gasteiger partial charge in [-0.25, -0.2) is 13.1 Å². The van der Waals surface area contributed by atoms with Crippen molar-refractivity contribution in [1.29, 1.82) is 0 Å². The maximum Gasteiger partial charge on any atom is 0.240 e. The first kappa shape index (κ1) is 15.8. The number of hydrogen-bond donors (Lipinski definition) is 1. The zero-order valence-corrected chi connectivity index (χ0v) is 13.2. The van der Waals surface area contributed by atoms with Gasteiger partial charge in [-0.3, -0.25) is 4.79 Å². The van der Waals surface area contributed by atoms with E-state index in [1.165, 1.54) is 19.1 Å². The minimum Gasteiger partial charge on any atom is -0.486 e. The van der Waals surface area contributed by atoms with Crippen LogP contribution in [-0.2, 0) is 14.8 Å². The zero-order chi connectivity index (χ0) is 15.6. The van der Waals surface area contributed by atoms with Crippen molar-refractivity contribution in [2.45, 2.75) is 38.2 Å². The Morgan fingerprint density at radius 2 is 2.14 bits per heavy atom. The van der Waals surface area contributed by atoms with Gasteiger partial charge in [0.25, 0.3) is 0 Å². The summed E-state index contributed by atoms with van der Waals surface area (Å²) in [4.78, 5) is 13.5. The van der Waals surface area contributed by atoms with Crippen LogP contribution in [0, 0.1) is 0 Å². The Kier molecular flexibility index (Phi) is 4.53. The number of anilines is 1. The van der Waals surface area contributed by atoms with E-state index in [2.05, 4.69) is 4.72 Å². The normalized spacial score (nSPS) is 18.0. The minimum atomic E-state index is -3.56. The molecule has 1 aromatic rings. The van der Waals surface area contributed by atoms with Crippen LogP contribution in [0.5, 0.6) is 5.75 Å². The van der Waals surface area contributed by atoms with Gasteiger partial charge in [-0.1, -0.05) is 13.8 Å². The van der Waals surface area contributed by atoms with Crippen molar-refractivity contribution in [3.8, 4) is 5.75 Å². The predicted molar refractivity (Wildman–Crippen MR) is 80.0 cm³/mol. The van der Waals surface area contributed by atoms with Gasteiger partial charge < -0.3 is 9.64 Å². The van der Waals surface area contributed by atoms with E-state index in [0.717, 1.165) is 6.42 Å². The van der Waals surface area contributed by atoms with Crippen LogP contribution < -0.4 is 14.4 Å². The predicted octanol–water partition coefficient (Wildman–Crippen LogP) is 1.51. The van der Waals surface area contributed by atoms with Crippen LogP contribution in [0.3, 0.4) is 0 Å². The maximum atomic E-state index is 12.1. The topological polar surface area (TPSA) is 75.7 Å². The first-order valence-electron chi connectivity index (χ1n) is 6.97. The van der Waals surface area contributed by atoms with E-state index in [4.69, 9.17) is 4.74 Å². The molecule has 1 unspecified atom stereocenters. The van der Waals surface area contributed by atoms with Crippen LogP contribution in [0.4, 0.5) is 5.69 Å². The Balaban J connectivity index is 2.47. The van der Waals surface area contributed by atoms with Gasteiger partial charge in [-0.05, 0) is 24.6 Å². The van der Waals surface area contributed by atoms with Crippen molar-refractivity contribution in [3.05, 3.63) is 18.2 Å². The highest BCUT2D eigenvalue weighted by atomic mass is 32.2. The number of benzene rings is 1. The Morgan fingerprint density at radius 1 is 1.43 bits per heavy atom. The molecule has 0 aliphatic carbocycles. The second-order valence-corrected chi connectivity index (χ2v) is 6.68. The molecular weight excluding hydrogens is 292 g/mol. The van der Waals surface area contributed by atoms with E-state index < -0.39 is 10.0 Å². The third-order valence-corrected chi connectivity index (χ3v) is 4.92. The molecule has 1 amide bonds. The number of hydrogen-bond acceptors (Lipinski definition) is 4. The molecular formula is C14H20N2O4S. The molecule has 0 radical (unpaired) electrons. The standard InChI is InChI=1S/C14H20N2O4S/c1-4-11-9-16(10(3)17)13-8-12(6-7-14(13)20-11)21(18,19)15-5-2/h6-8,11,15H,4-5,9H2,1-3H3. The van der Waals surface area contributed by atoms with E-state index in [1.54, 1.807) is 17.9 Å². The lowest BCUT2D eigenvalue weighted by molar-refractivity contribution is -0.117. The molecule has 0 fully saturated rings. The number of fused-ring (bicyclic) bond motifs is 1. The third-order valence-electron chi connectivity index (χ3n) is 3.38. The van der Waals surface area contributed by atoms with Crippen molar-refractivity contribution in [1.82, 2.24) is 4.72 Å². The lowest BCUT2D eigenvalue weighted by Crippen LogP contribution is -2.42. The molecule has 0 bridgehead atoms. The Morgan fingerprint density at radius 3 is 2.71 bits per heavy atom. The number of amides is 1. The first-order chi connectivity index (χ1) is 9.89. The molecule has 1 atom stereocenters. The molecule has 1 aromatic carbocycles. The largest absolute Gasteiger partial charge is 0.486 e.